The summed E-state index contributed by atoms with van der Waals surface area (Å²) >= 11 is 11.4. The highest BCUT2D eigenvalue weighted by Crippen LogP contribution is 2.19. The SMILES string of the molecule is O=C(C#Cc1ccc(Cl)cc1Cl)NO. The molecule has 0 aliphatic heterocycles. The summed E-state index contributed by atoms with van der Waals surface area (Å²) < 4.78 is 0. The number of benzene rings is 1. The standard InChI is InChI=1S/C9H5Cl2NO2/c10-7-3-1-6(8(11)5-7)2-4-9(13)12-14/h1,3,5,14H,(H,12,13). The molecule has 0 saturated heterocycles. The molecule has 0 aromatic heterocycles. The van der Waals surface area contributed by atoms with E-state index in [2.05, 4.69) is 11.8 Å². The van der Waals surface area contributed by atoms with Gasteiger partial charge in [-0.3, -0.25) is 10.0 Å². The molecule has 3 nitrogen and oxygen atoms in total. The third-order valence-corrected chi connectivity index (χ3v) is 1.89. The van der Waals surface area contributed by atoms with E-state index in [1.54, 1.807) is 12.1 Å². The summed E-state index contributed by atoms with van der Waals surface area (Å²) in [6.07, 6.45) is 0. The van der Waals surface area contributed by atoms with Gasteiger partial charge in [0.2, 0.25) is 0 Å². The van der Waals surface area contributed by atoms with Crippen LogP contribution in [0.3, 0.4) is 0 Å². The van der Waals surface area contributed by atoms with Crippen molar-refractivity contribution in [1.29, 1.82) is 0 Å². The first-order valence-electron chi connectivity index (χ1n) is 3.54. The van der Waals surface area contributed by atoms with Crippen molar-refractivity contribution < 1.29 is 10.0 Å². The minimum absolute atomic E-state index is 0.357. The predicted octanol–water partition coefficient (Wildman–Crippen LogP) is 1.85. The molecule has 1 aromatic carbocycles. The van der Waals surface area contributed by atoms with E-state index in [1.807, 2.05) is 0 Å². The van der Waals surface area contributed by atoms with Crippen molar-refractivity contribution in [3.05, 3.63) is 33.8 Å². The number of amides is 1. The van der Waals surface area contributed by atoms with Crippen LogP contribution in [0.4, 0.5) is 0 Å². The fourth-order valence-electron chi connectivity index (χ4n) is 0.743. The smallest absolute Gasteiger partial charge is 0.288 e. The summed E-state index contributed by atoms with van der Waals surface area (Å²) in [5, 5.41) is 9.02. The highest BCUT2D eigenvalue weighted by atomic mass is 35.5. The fraction of sp³-hybridized carbons (Fsp3) is 0. The molecule has 72 valence electrons. The van der Waals surface area contributed by atoms with Crippen LogP contribution in [0.15, 0.2) is 18.2 Å². The summed E-state index contributed by atoms with van der Waals surface area (Å²) in [6.45, 7) is 0. The van der Waals surface area contributed by atoms with Crippen LogP contribution in [0, 0.1) is 11.8 Å². The molecule has 0 saturated carbocycles. The first-order chi connectivity index (χ1) is 6.63. The van der Waals surface area contributed by atoms with E-state index >= 15 is 0 Å². The Kier molecular flexibility index (Phi) is 3.78. The van der Waals surface area contributed by atoms with Crippen LogP contribution < -0.4 is 5.48 Å². The first kappa shape index (κ1) is 10.9. The second-order valence-electron chi connectivity index (χ2n) is 2.32. The monoisotopic (exact) mass is 229 g/mol. The summed E-state index contributed by atoms with van der Waals surface area (Å²) in [5.41, 5.74) is 1.86. The Morgan fingerprint density at radius 1 is 1.43 bits per heavy atom. The van der Waals surface area contributed by atoms with E-state index in [0.29, 0.717) is 15.6 Å². The van der Waals surface area contributed by atoms with Gasteiger partial charge in [0.1, 0.15) is 0 Å². The maximum absolute atomic E-state index is 10.6. The second-order valence-corrected chi connectivity index (χ2v) is 3.16. The van der Waals surface area contributed by atoms with Crippen LogP contribution in [0.25, 0.3) is 0 Å². The van der Waals surface area contributed by atoms with Gasteiger partial charge >= 0.3 is 5.91 Å². The van der Waals surface area contributed by atoms with Gasteiger partial charge in [0.15, 0.2) is 0 Å². The maximum Gasteiger partial charge on any atom is 0.319 e. The Bertz CT molecular complexity index is 421. The molecule has 1 aromatic rings. The summed E-state index contributed by atoms with van der Waals surface area (Å²) in [6, 6.07) is 4.71. The molecule has 0 atom stereocenters. The van der Waals surface area contributed by atoms with Gasteiger partial charge in [-0.15, -0.1) is 0 Å². The average Bonchev–Trinajstić information content (AvgIpc) is 2.16. The van der Waals surface area contributed by atoms with E-state index < -0.39 is 5.91 Å². The quantitative estimate of drug-likeness (QED) is 0.406. The number of hydrogen-bond acceptors (Lipinski definition) is 2. The lowest BCUT2D eigenvalue weighted by atomic mass is 10.2. The molecule has 0 fully saturated rings. The van der Waals surface area contributed by atoms with Gasteiger partial charge in [0, 0.05) is 16.5 Å². The van der Waals surface area contributed by atoms with Crippen LogP contribution in [-0.2, 0) is 4.79 Å². The molecule has 5 heteroatoms. The van der Waals surface area contributed by atoms with Gasteiger partial charge in [0.25, 0.3) is 0 Å². The molecular weight excluding hydrogens is 225 g/mol. The van der Waals surface area contributed by atoms with Gasteiger partial charge in [-0.2, -0.15) is 0 Å². The molecule has 0 aliphatic rings. The van der Waals surface area contributed by atoms with Crippen LogP contribution >= 0.6 is 23.2 Å². The first-order valence-corrected chi connectivity index (χ1v) is 4.30. The van der Waals surface area contributed by atoms with E-state index in [1.165, 1.54) is 11.5 Å². The Morgan fingerprint density at radius 3 is 2.71 bits per heavy atom. The number of nitrogens with one attached hydrogen (secondary N) is 1. The average molecular weight is 230 g/mol. The number of carbonyl (C=O) groups is 1. The summed E-state index contributed by atoms with van der Waals surface area (Å²) in [7, 11) is 0. The third-order valence-electron chi connectivity index (χ3n) is 1.34. The molecule has 0 aliphatic carbocycles. The van der Waals surface area contributed by atoms with Crippen LogP contribution in [0.1, 0.15) is 5.56 Å². The zero-order chi connectivity index (χ0) is 10.6. The van der Waals surface area contributed by atoms with Gasteiger partial charge in [-0.25, -0.2) is 5.48 Å². The lowest BCUT2D eigenvalue weighted by Gasteiger charge is -1.95. The molecule has 0 spiro atoms. The Hall–Kier alpha value is -1.21. The highest BCUT2D eigenvalue weighted by molar-refractivity contribution is 6.35. The maximum atomic E-state index is 10.6. The molecule has 0 heterocycles. The molecule has 2 N–H and O–H groups in total. The van der Waals surface area contributed by atoms with Crippen LogP contribution in [-0.4, -0.2) is 11.1 Å². The predicted molar refractivity (Wildman–Crippen MR) is 53.3 cm³/mol. The molecule has 0 radical (unpaired) electrons. The Morgan fingerprint density at radius 2 is 2.14 bits per heavy atom. The molecule has 0 bridgehead atoms. The normalized spacial score (nSPS) is 8.79. The summed E-state index contributed by atoms with van der Waals surface area (Å²) in [4.78, 5) is 10.6. The number of hydrogen-bond donors (Lipinski definition) is 2. The highest BCUT2D eigenvalue weighted by Gasteiger charge is 1.97. The number of rotatable bonds is 0. The molecule has 1 amide bonds. The van der Waals surface area contributed by atoms with Crippen molar-refractivity contribution in [1.82, 2.24) is 5.48 Å². The van der Waals surface area contributed by atoms with Gasteiger partial charge in [-0.05, 0) is 18.2 Å². The van der Waals surface area contributed by atoms with Crippen molar-refractivity contribution in [2.24, 2.45) is 0 Å². The summed E-state index contributed by atoms with van der Waals surface area (Å²) in [5.74, 6) is 3.81. The number of halogens is 2. The third kappa shape index (κ3) is 2.93. The van der Waals surface area contributed by atoms with E-state index in [4.69, 9.17) is 28.4 Å². The molecule has 1 rings (SSSR count). The van der Waals surface area contributed by atoms with Gasteiger partial charge in [0.05, 0.1) is 5.02 Å². The molecule has 14 heavy (non-hydrogen) atoms. The van der Waals surface area contributed by atoms with Gasteiger partial charge < -0.3 is 0 Å². The zero-order valence-corrected chi connectivity index (χ0v) is 8.36. The number of hydroxylamine groups is 1. The van der Waals surface area contributed by atoms with Crippen molar-refractivity contribution in [3.63, 3.8) is 0 Å². The van der Waals surface area contributed by atoms with Crippen molar-refractivity contribution in [2.75, 3.05) is 0 Å². The topological polar surface area (TPSA) is 49.3 Å². The van der Waals surface area contributed by atoms with Crippen molar-refractivity contribution in [3.8, 4) is 11.8 Å². The van der Waals surface area contributed by atoms with E-state index in [9.17, 15) is 4.79 Å². The molecular formula is C9H5Cl2NO2. The van der Waals surface area contributed by atoms with Crippen molar-refractivity contribution >= 4 is 29.1 Å². The molecule has 0 unspecified atom stereocenters. The largest absolute Gasteiger partial charge is 0.319 e. The lowest BCUT2D eigenvalue weighted by molar-refractivity contribution is -0.123. The lowest BCUT2D eigenvalue weighted by Crippen LogP contribution is -2.15. The number of carbonyl (C=O) groups excluding carboxylic acids is 1. The minimum atomic E-state index is -0.795. The van der Waals surface area contributed by atoms with Gasteiger partial charge in [-0.1, -0.05) is 29.1 Å². The Labute approximate surface area is 90.6 Å². The minimum Gasteiger partial charge on any atom is -0.288 e. The Balaban J connectivity index is 2.96. The van der Waals surface area contributed by atoms with Crippen LogP contribution in [0.2, 0.25) is 10.0 Å². The zero-order valence-electron chi connectivity index (χ0n) is 6.84. The fourth-order valence-corrected chi connectivity index (χ4v) is 1.20. The second kappa shape index (κ2) is 4.87. The van der Waals surface area contributed by atoms with Crippen molar-refractivity contribution in [2.45, 2.75) is 0 Å². The van der Waals surface area contributed by atoms with E-state index in [-0.39, 0.29) is 0 Å². The van der Waals surface area contributed by atoms with Crippen LogP contribution in [0.5, 0.6) is 0 Å². The van der Waals surface area contributed by atoms with E-state index in [0.717, 1.165) is 0 Å².